The van der Waals surface area contributed by atoms with Crippen LogP contribution < -0.4 is 0 Å². The van der Waals surface area contributed by atoms with E-state index in [2.05, 4.69) is 9.72 Å². The summed E-state index contributed by atoms with van der Waals surface area (Å²) in [6.45, 7) is 2.00. The summed E-state index contributed by atoms with van der Waals surface area (Å²) in [7, 11) is 1.28. The van der Waals surface area contributed by atoms with Crippen molar-refractivity contribution in [1.29, 1.82) is 0 Å². The van der Waals surface area contributed by atoms with Gasteiger partial charge in [0.2, 0.25) is 0 Å². The summed E-state index contributed by atoms with van der Waals surface area (Å²) in [5.41, 5.74) is 1.31. The van der Waals surface area contributed by atoms with E-state index in [1.54, 1.807) is 31.2 Å². The molecule has 0 atom stereocenters. The molecule has 0 aliphatic carbocycles. The molecule has 0 radical (unpaired) electrons. The van der Waals surface area contributed by atoms with Gasteiger partial charge < -0.3 is 14.5 Å². The van der Waals surface area contributed by atoms with Gasteiger partial charge in [-0.25, -0.2) is 4.79 Å². The van der Waals surface area contributed by atoms with Gasteiger partial charge in [0.15, 0.2) is 5.78 Å². The second-order valence-corrected chi connectivity index (χ2v) is 4.67. The smallest absolute Gasteiger partial charge is 0.354 e. The molecule has 0 saturated heterocycles. The fraction of sp³-hybridized carbons (Fsp3) is 0.312. The minimum atomic E-state index is -0.466. The first kappa shape index (κ1) is 15.8. The molecule has 1 N–H and O–H groups in total. The molecule has 0 spiro atoms. The second kappa shape index (κ2) is 6.89. The molecule has 6 heteroatoms. The summed E-state index contributed by atoms with van der Waals surface area (Å²) in [4.78, 5) is 38.0. The number of rotatable bonds is 6. The lowest BCUT2D eigenvalue weighted by Crippen LogP contribution is -2.07. The Hall–Kier alpha value is -2.63. The maximum Gasteiger partial charge on any atom is 0.354 e. The first-order chi connectivity index (χ1) is 10.6. The molecular weight excluding hydrogens is 286 g/mol. The third-order valence-corrected chi connectivity index (χ3v) is 3.24. The lowest BCUT2D eigenvalue weighted by Gasteiger charge is -2.02. The summed E-state index contributed by atoms with van der Waals surface area (Å²) in [6.07, 6.45) is 0.0801. The minimum Gasteiger partial charge on any atom is -0.469 e. The highest BCUT2D eigenvalue weighted by Gasteiger charge is 2.16. The summed E-state index contributed by atoms with van der Waals surface area (Å²) in [5.74, 6) is -1.08. The fourth-order valence-corrected chi connectivity index (χ4v) is 2.16. The number of ketones is 1. The van der Waals surface area contributed by atoms with Gasteiger partial charge in [-0.3, -0.25) is 9.59 Å². The highest BCUT2D eigenvalue weighted by molar-refractivity contribution is 6.09. The zero-order valence-corrected chi connectivity index (χ0v) is 12.5. The van der Waals surface area contributed by atoms with Crippen molar-refractivity contribution in [3.05, 3.63) is 35.5 Å². The average molecular weight is 303 g/mol. The van der Waals surface area contributed by atoms with Gasteiger partial charge in [-0.15, -0.1) is 0 Å². The lowest BCUT2D eigenvalue weighted by molar-refractivity contribution is -0.140. The molecule has 6 nitrogen and oxygen atoms in total. The van der Waals surface area contributed by atoms with Crippen LogP contribution in [0.1, 0.15) is 40.6 Å². The van der Waals surface area contributed by atoms with Crippen LogP contribution in [0.4, 0.5) is 0 Å². The molecule has 0 saturated carbocycles. The van der Waals surface area contributed by atoms with Crippen molar-refractivity contribution in [2.24, 2.45) is 0 Å². The first-order valence-electron chi connectivity index (χ1n) is 6.95. The van der Waals surface area contributed by atoms with Crippen molar-refractivity contribution in [1.82, 2.24) is 4.98 Å². The number of para-hydroxylation sites is 1. The van der Waals surface area contributed by atoms with Crippen LogP contribution in [0.3, 0.4) is 0 Å². The Morgan fingerprint density at radius 2 is 1.95 bits per heavy atom. The van der Waals surface area contributed by atoms with Crippen molar-refractivity contribution < 1.29 is 23.9 Å². The molecule has 1 aromatic carbocycles. The standard InChI is InChI=1S/C16H17NO5/c1-3-22-16(20)12-9-10-5-4-6-11(15(10)17-12)13(18)7-8-14(19)21-2/h4-6,9,17H,3,7-8H2,1-2H3. The molecule has 0 aliphatic heterocycles. The van der Waals surface area contributed by atoms with E-state index in [4.69, 9.17) is 4.74 Å². The minimum absolute atomic E-state index is 0.0250. The SMILES string of the molecule is CCOC(=O)c1cc2cccc(C(=O)CCC(=O)OC)c2[nH]1. The average Bonchev–Trinajstić information content (AvgIpc) is 2.96. The Bertz CT molecular complexity index is 716. The van der Waals surface area contributed by atoms with Crippen molar-refractivity contribution in [3.8, 4) is 0 Å². The van der Waals surface area contributed by atoms with Gasteiger partial charge in [-0.2, -0.15) is 0 Å². The van der Waals surface area contributed by atoms with E-state index in [0.717, 1.165) is 5.39 Å². The van der Waals surface area contributed by atoms with E-state index in [0.29, 0.717) is 16.8 Å². The second-order valence-electron chi connectivity index (χ2n) is 4.67. The van der Waals surface area contributed by atoms with E-state index >= 15 is 0 Å². The van der Waals surface area contributed by atoms with Crippen LogP contribution >= 0.6 is 0 Å². The van der Waals surface area contributed by atoms with Crippen LogP contribution in [-0.2, 0) is 14.3 Å². The molecule has 1 aromatic heterocycles. The number of esters is 2. The molecular formula is C16H17NO5. The zero-order valence-electron chi connectivity index (χ0n) is 12.5. The Balaban J connectivity index is 2.28. The Morgan fingerprint density at radius 3 is 2.64 bits per heavy atom. The predicted molar refractivity (Wildman–Crippen MR) is 79.8 cm³/mol. The third kappa shape index (κ3) is 3.33. The molecule has 22 heavy (non-hydrogen) atoms. The topological polar surface area (TPSA) is 85.5 Å². The molecule has 116 valence electrons. The first-order valence-corrected chi connectivity index (χ1v) is 6.95. The van der Waals surface area contributed by atoms with Crippen LogP contribution in [0.2, 0.25) is 0 Å². The normalized spacial score (nSPS) is 10.5. The number of nitrogens with one attached hydrogen (secondary N) is 1. The lowest BCUT2D eigenvalue weighted by atomic mass is 10.0. The van der Waals surface area contributed by atoms with E-state index in [9.17, 15) is 14.4 Å². The molecule has 2 aromatic rings. The van der Waals surface area contributed by atoms with Gasteiger partial charge in [0.25, 0.3) is 0 Å². The number of carbonyl (C=O) groups is 3. The largest absolute Gasteiger partial charge is 0.469 e. The number of fused-ring (bicyclic) bond motifs is 1. The number of aromatic nitrogens is 1. The van der Waals surface area contributed by atoms with Crippen LogP contribution in [-0.4, -0.2) is 36.4 Å². The molecule has 0 bridgehead atoms. The number of carbonyl (C=O) groups excluding carboxylic acids is 3. The number of Topliss-reactive ketones (excluding diaryl/α,β-unsaturated/α-hetero) is 1. The van der Waals surface area contributed by atoms with Gasteiger partial charge in [0.1, 0.15) is 5.69 Å². The molecule has 2 rings (SSSR count). The third-order valence-electron chi connectivity index (χ3n) is 3.24. The molecule has 0 amide bonds. The van der Waals surface area contributed by atoms with Gasteiger partial charge in [0.05, 0.1) is 25.7 Å². The quantitative estimate of drug-likeness (QED) is 0.654. The van der Waals surface area contributed by atoms with Gasteiger partial charge in [0, 0.05) is 17.4 Å². The number of aromatic amines is 1. The molecule has 0 aliphatic rings. The Kier molecular flexibility index (Phi) is 4.93. The monoisotopic (exact) mass is 303 g/mol. The number of benzene rings is 1. The van der Waals surface area contributed by atoms with E-state index in [-0.39, 0.29) is 25.2 Å². The maximum atomic E-state index is 12.2. The van der Waals surface area contributed by atoms with E-state index in [1.165, 1.54) is 7.11 Å². The van der Waals surface area contributed by atoms with Crippen LogP contribution in [0, 0.1) is 0 Å². The highest BCUT2D eigenvalue weighted by Crippen LogP contribution is 2.21. The van der Waals surface area contributed by atoms with Crippen molar-refractivity contribution in [3.63, 3.8) is 0 Å². The van der Waals surface area contributed by atoms with Crippen LogP contribution in [0.5, 0.6) is 0 Å². The Labute approximate surface area is 127 Å². The summed E-state index contributed by atoms with van der Waals surface area (Å²) < 4.78 is 9.46. The number of methoxy groups -OCH3 is 1. The van der Waals surface area contributed by atoms with Crippen LogP contribution in [0.15, 0.2) is 24.3 Å². The van der Waals surface area contributed by atoms with Crippen molar-refractivity contribution in [2.45, 2.75) is 19.8 Å². The molecule has 0 unspecified atom stereocenters. The molecule has 0 fully saturated rings. The summed E-state index contributed by atoms with van der Waals surface area (Å²) in [6, 6.07) is 6.83. The fourth-order valence-electron chi connectivity index (χ4n) is 2.16. The number of hydrogen-bond donors (Lipinski definition) is 1. The predicted octanol–water partition coefficient (Wildman–Crippen LogP) is 2.48. The summed E-state index contributed by atoms with van der Waals surface area (Å²) >= 11 is 0. The Morgan fingerprint density at radius 1 is 1.18 bits per heavy atom. The maximum absolute atomic E-state index is 12.2. The molecule has 1 heterocycles. The summed E-state index contributed by atoms with van der Waals surface area (Å²) in [5, 5.41) is 0.743. The number of ether oxygens (including phenoxy) is 2. The van der Waals surface area contributed by atoms with Gasteiger partial charge in [-0.05, 0) is 19.1 Å². The van der Waals surface area contributed by atoms with E-state index in [1.807, 2.05) is 0 Å². The van der Waals surface area contributed by atoms with Crippen molar-refractivity contribution >= 4 is 28.6 Å². The van der Waals surface area contributed by atoms with Gasteiger partial charge in [-0.1, -0.05) is 12.1 Å². The van der Waals surface area contributed by atoms with Crippen molar-refractivity contribution in [2.75, 3.05) is 13.7 Å². The van der Waals surface area contributed by atoms with Gasteiger partial charge >= 0.3 is 11.9 Å². The van der Waals surface area contributed by atoms with Crippen LogP contribution in [0.25, 0.3) is 10.9 Å². The number of hydrogen-bond acceptors (Lipinski definition) is 5. The zero-order chi connectivity index (χ0) is 16.1. The van der Waals surface area contributed by atoms with E-state index < -0.39 is 11.9 Å². The number of H-pyrrole nitrogens is 1. The highest BCUT2D eigenvalue weighted by atomic mass is 16.5.